The van der Waals surface area contributed by atoms with E-state index >= 15 is 0 Å². The van der Waals surface area contributed by atoms with Gasteiger partial charge in [-0.3, -0.25) is 0 Å². The van der Waals surface area contributed by atoms with Crippen molar-refractivity contribution in [2.75, 3.05) is 0 Å². The highest BCUT2D eigenvalue weighted by Gasteiger charge is 2.34. The molecule has 1 aliphatic carbocycles. The Morgan fingerprint density at radius 1 is 0.400 bits per heavy atom. The molecule has 0 bridgehead atoms. The first-order chi connectivity index (χ1) is 24.4. The molecule has 0 saturated heterocycles. The molecule has 0 aliphatic heterocycles. The standard InChI is InChI=1S/C49H35B/c1-29(50)32-25-33(31-23-24-35-36-19-11-21-43-47(36)48-41(42(35)28-31)20-12-22-44(48)49(43,2)3)27-34(26-32)46-39-17-9-7-15-37(39)45(30-13-5-4-6-14-30)38-16-8-10-18-40(38)46/h4-29H,1-3H3. The van der Waals surface area contributed by atoms with Crippen LogP contribution in [0.5, 0.6) is 0 Å². The molecule has 0 fully saturated rings. The molecule has 0 saturated carbocycles. The zero-order valence-electron chi connectivity index (χ0n) is 28.6. The predicted molar refractivity (Wildman–Crippen MR) is 217 cm³/mol. The predicted octanol–water partition coefficient (Wildman–Crippen LogP) is 13.3. The minimum absolute atomic E-state index is 0.0241. The zero-order valence-corrected chi connectivity index (χ0v) is 28.6. The number of rotatable bonds is 4. The molecule has 1 heteroatoms. The van der Waals surface area contributed by atoms with Gasteiger partial charge in [0.25, 0.3) is 0 Å². The summed E-state index contributed by atoms with van der Waals surface area (Å²) in [6.07, 6.45) is 0. The van der Waals surface area contributed by atoms with Gasteiger partial charge in [0.2, 0.25) is 0 Å². The van der Waals surface area contributed by atoms with Crippen molar-refractivity contribution in [2.24, 2.45) is 0 Å². The van der Waals surface area contributed by atoms with Crippen molar-refractivity contribution in [3.63, 3.8) is 0 Å². The van der Waals surface area contributed by atoms with Crippen molar-refractivity contribution in [3.8, 4) is 33.4 Å². The third-order valence-electron chi connectivity index (χ3n) is 11.4. The molecule has 0 heterocycles. The van der Waals surface area contributed by atoms with Crippen LogP contribution in [0.15, 0.2) is 152 Å². The number of hydrogen-bond acceptors (Lipinski definition) is 0. The van der Waals surface area contributed by atoms with Gasteiger partial charge in [0.1, 0.15) is 0 Å². The third kappa shape index (κ3) is 4.07. The molecule has 0 amide bonds. The van der Waals surface area contributed by atoms with E-state index in [0.717, 1.165) is 5.56 Å². The van der Waals surface area contributed by atoms with E-state index in [9.17, 15) is 0 Å². The minimum Gasteiger partial charge on any atom is -0.0665 e. The first-order valence-electron chi connectivity index (χ1n) is 17.7. The molecule has 0 spiro atoms. The van der Waals surface area contributed by atoms with E-state index in [2.05, 4.69) is 172 Å². The smallest absolute Gasteiger partial charge is 0.0665 e. The molecule has 9 aromatic carbocycles. The number of hydrogen-bond donors (Lipinski definition) is 0. The van der Waals surface area contributed by atoms with Crippen LogP contribution in [-0.4, -0.2) is 7.85 Å². The monoisotopic (exact) mass is 634 g/mol. The van der Waals surface area contributed by atoms with Gasteiger partial charge in [0.05, 0.1) is 7.85 Å². The molecule has 1 unspecified atom stereocenters. The highest BCUT2D eigenvalue weighted by molar-refractivity contribution is 6.29. The van der Waals surface area contributed by atoms with Crippen LogP contribution in [0.3, 0.4) is 0 Å². The largest absolute Gasteiger partial charge is 0.0759 e. The number of fused-ring (bicyclic) bond motifs is 5. The second-order valence-corrected chi connectivity index (χ2v) is 14.7. The van der Waals surface area contributed by atoms with Crippen LogP contribution < -0.4 is 0 Å². The van der Waals surface area contributed by atoms with Gasteiger partial charge in [-0.2, -0.15) is 0 Å². The molecule has 2 radical (unpaired) electrons. The fraction of sp³-hybridized carbons (Fsp3) is 0.102. The Morgan fingerprint density at radius 2 is 0.900 bits per heavy atom. The molecule has 0 nitrogen and oxygen atoms in total. The Morgan fingerprint density at radius 3 is 1.48 bits per heavy atom. The summed E-state index contributed by atoms with van der Waals surface area (Å²) in [6, 6.07) is 56.4. The first kappa shape index (κ1) is 29.3. The summed E-state index contributed by atoms with van der Waals surface area (Å²) in [5.74, 6) is -0.114. The Bertz CT molecular complexity index is 2800. The van der Waals surface area contributed by atoms with E-state index in [-0.39, 0.29) is 11.2 Å². The maximum Gasteiger partial charge on any atom is 0.0759 e. The van der Waals surface area contributed by atoms with Gasteiger partial charge in [0.15, 0.2) is 0 Å². The van der Waals surface area contributed by atoms with E-state index in [4.69, 9.17) is 7.85 Å². The van der Waals surface area contributed by atoms with Crippen molar-refractivity contribution in [3.05, 3.63) is 168 Å². The maximum atomic E-state index is 6.71. The summed E-state index contributed by atoms with van der Waals surface area (Å²) in [5.41, 5.74) is 11.3. The highest BCUT2D eigenvalue weighted by atomic mass is 14.4. The molecule has 0 aromatic heterocycles. The molecule has 10 rings (SSSR count). The molecule has 234 valence electrons. The molecular formula is C49H35B. The summed E-state index contributed by atoms with van der Waals surface area (Å²) in [4.78, 5) is 0. The fourth-order valence-electron chi connectivity index (χ4n) is 9.04. The summed E-state index contributed by atoms with van der Waals surface area (Å²) in [6.45, 7) is 6.83. The van der Waals surface area contributed by atoms with Crippen LogP contribution >= 0.6 is 0 Å². The highest BCUT2D eigenvalue weighted by Crippen LogP contribution is 2.52. The van der Waals surface area contributed by atoms with E-state index < -0.39 is 0 Å². The number of benzene rings is 9. The van der Waals surface area contributed by atoms with Crippen molar-refractivity contribution >= 4 is 61.7 Å². The van der Waals surface area contributed by atoms with Gasteiger partial charge in [0, 0.05) is 5.41 Å². The maximum absolute atomic E-state index is 6.71. The molecule has 1 aliphatic rings. The van der Waals surface area contributed by atoms with Crippen molar-refractivity contribution in [1.29, 1.82) is 0 Å². The lowest BCUT2D eigenvalue weighted by atomic mass is 9.79. The van der Waals surface area contributed by atoms with Crippen molar-refractivity contribution < 1.29 is 0 Å². The van der Waals surface area contributed by atoms with Crippen LogP contribution in [-0.2, 0) is 5.41 Å². The lowest BCUT2D eigenvalue weighted by molar-refractivity contribution is 0.663. The molecule has 50 heavy (non-hydrogen) atoms. The molecule has 1 atom stereocenters. The Labute approximate surface area is 294 Å². The SMILES string of the molecule is [B]C(C)c1cc(-c2ccc3c(c2)c2cccc4c2c2c(cccc32)C4(C)C)cc(-c2c3ccccc3c(-c3ccccc3)c3ccccc23)c1. The van der Waals surface area contributed by atoms with Gasteiger partial charge >= 0.3 is 0 Å². The summed E-state index contributed by atoms with van der Waals surface area (Å²) >= 11 is 0. The summed E-state index contributed by atoms with van der Waals surface area (Å²) < 4.78 is 0. The quantitative estimate of drug-likeness (QED) is 0.103. The van der Waals surface area contributed by atoms with Crippen LogP contribution in [0.2, 0.25) is 0 Å². The lowest BCUT2D eigenvalue weighted by Gasteiger charge is -2.21. The molecule has 0 N–H and O–H groups in total. The van der Waals surface area contributed by atoms with Gasteiger partial charge in [-0.15, -0.1) is 0 Å². The first-order valence-corrected chi connectivity index (χ1v) is 17.7. The van der Waals surface area contributed by atoms with Gasteiger partial charge < -0.3 is 0 Å². The van der Waals surface area contributed by atoms with E-state index in [0.29, 0.717) is 0 Å². The van der Waals surface area contributed by atoms with Crippen LogP contribution in [0.4, 0.5) is 0 Å². The van der Waals surface area contributed by atoms with Gasteiger partial charge in [-0.25, -0.2) is 0 Å². The molecular weight excluding hydrogens is 599 g/mol. The lowest BCUT2D eigenvalue weighted by Crippen LogP contribution is -2.14. The van der Waals surface area contributed by atoms with Gasteiger partial charge in [-0.05, 0) is 111 Å². The van der Waals surface area contributed by atoms with Crippen LogP contribution in [0, 0.1) is 0 Å². The third-order valence-corrected chi connectivity index (χ3v) is 11.4. The average Bonchev–Trinajstić information content (AvgIpc) is 3.40. The minimum atomic E-state index is -0.114. The summed E-state index contributed by atoms with van der Waals surface area (Å²) in [7, 11) is 6.71. The van der Waals surface area contributed by atoms with Crippen molar-refractivity contribution in [2.45, 2.75) is 32.0 Å². The van der Waals surface area contributed by atoms with Crippen molar-refractivity contribution in [1.82, 2.24) is 0 Å². The Hall–Kier alpha value is -5.66. The molecule has 9 aromatic rings. The van der Waals surface area contributed by atoms with Crippen LogP contribution in [0.25, 0.3) is 87.2 Å². The van der Waals surface area contributed by atoms with Gasteiger partial charge in [-0.1, -0.05) is 172 Å². The van der Waals surface area contributed by atoms with E-state index in [1.807, 2.05) is 0 Å². The Kier molecular flexibility index (Phi) is 6.25. The topological polar surface area (TPSA) is 0 Å². The zero-order chi connectivity index (χ0) is 33.7. The second kappa shape index (κ2) is 10.7. The van der Waals surface area contributed by atoms with E-state index in [1.54, 1.807) is 0 Å². The summed E-state index contributed by atoms with van der Waals surface area (Å²) in [5, 5.41) is 13.1. The second-order valence-electron chi connectivity index (χ2n) is 14.7. The fourth-order valence-corrected chi connectivity index (χ4v) is 9.04. The van der Waals surface area contributed by atoms with E-state index in [1.165, 1.54) is 98.4 Å². The normalized spacial score (nSPS) is 14.1. The Balaban J connectivity index is 1.26. The van der Waals surface area contributed by atoms with Crippen LogP contribution in [0.1, 0.15) is 43.3 Å². The average molecular weight is 635 g/mol.